The van der Waals surface area contributed by atoms with Crippen molar-refractivity contribution in [3.63, 3.8) is 0 Å². The highest BCUT2D eigenvalue weighted by molar-refractivity contribution is 9.10. The molecule has 1 aromatic heterocycles. The first-order chi connectivity index (χ1) is 12.0. The van der Waals surface area contributed by atoms with Crippen LogP contribution < -0.4 is 10.6 Å². The summed E-state index contributed by atoms with van der Waals surface area (Å²) in [4.78, 5) is 24.1. The van der Waals surface area contributed by atoms with Gasteiger partial charge in [-0.15, -0.1) is 0 Å². The molecular formula is C19H17BrN2O3. The molecule has 0 unspecified atom stereocenters. The van der Waals surface area contributed by atoms with E-state index < -0.39 is 0 Å². The van der Waals surface area contributed by atoms with Crippen molar-refractivity contribution >= 4 is 38.7 Å². The van der Waals surface area contributed by atoms with Gasteiger partial charge in [0.05, 0.1) is 12.6 Å². The third-order valence-corrected chi connectivity index (χ3v) is 4.29. The lowest BCUT2D eigenvalue weighted by molar-refractivity contribution is -0.120. The molecule has 6 heteroatoms. The van der Waals surface area contributed by atoms with Gasteiger partial charge in [0.1, 0.15) is 11.3 Å². The molecule has 0 aliphatic heterocycles. The van der Waals surface area contributed by atoms with Crippen molar-refractivity contribution in [2.45, 2.75) is 13.0 Å². The van der Waals surface area contributed by atoms with Crippen LogP contribution in [-0.2, 0) is 4.79 Å². The van der Waals surface area contributed by atoms with E-state index in [9.17, 15) is 9.59 Å². The molecule has 0 saturated heterocycles. The van der Waals surface area contributed by atoms with E-state index in [1.54, 1.807) is 24.3 Å². The maximum Gasteiger partial charge on any atom is 0.251 e. The first-order valence-corrected chi connectivity index (χ1v) is 8.64. The van der Waals surface area contributed by atoms with Crippen LogP contribution in [0.2, 0.25) is 0 Å². The topological polar surface area (TPSA) is 71.3 Å². The molecular weight excluding hydrogens is 384 g/mol. The zero-order chi connectivity index (χ0) is 17.8. The number of hydrogen-bond donors (Lipinski definition) is 2. The molecule has 128 valence electrons. The number of fused-ring (bicyclic) bond motifs is 1. The van der Waals surface area contributed by atoms with E-state index in [1.165, 1.54) is 0 Å². The average molecular weight is 401 g/mol. The lowest BCUT2D eigenvalue weighted by Crippen LogP contribution is -2.37. The molecule has 0 saturated carbocycles. The SMILES string of the molecule is C[C@H](NC(=O)CNC(=O)c1ccc(Br)cc1)c1cc2ccccc2o1. The van der Waals surface area contributed by atoms with E-state index >= 15 is 0 Å². The maximum absolute atomic E-state index is 12.1. The van der Waals surface area contributed by atoms with Gasteiger partial charge in [-0.2, -0.15) is 0 Å². The minimum Gasteiger partial charge on any atom is -0.459 e. The highest BCUT2D eigenvalue weighted by atomic mass is 79.9. The second kappa shape index (κ2) is 7.53. The Morgan fingerprint density at radius 3 is 2.56 bits per heavy atom. The number of benzene rings is 2. The summed E-state index contributed by atoms with van der Waals surface area (Å²) in [5.74, 6) is 0.103. The van der Waals surface area contributed by atoms with Crippen LogP contribution in [0.1, 0.15) is 29.1 Å². The zero-order valence-corrected chi connectivity index (χ0v) is 15.2. The summed E-state index contributed by atoms with van der Waals surface area (Å²) in [5, 5.41) is 6.41. The Morgan fingerprint density at radius 1 is 1.12 bits per heavy atom. The zero-order valence-electron chi connectivity index (χ0n) is 13.6. The molecule has 3 aromatic rings. The van der Waals surface area contributed by atoms with Gasteiger partial charge in [-0.05, 0) is 43.3 Å². The first-order valence-electron chi connectivity index (χ1n) is 7.84. The van der Waals surface area contributed by atoms with Crippen LogP contribution in [0.15, 0.2) is 63.5 Å². The predicted octanol–water partition coefficient (Wildman–Crippen LogP) is 3.80. The van der Waals surface area contributed by atoms with Gasteiger partial charge < -0.3 is 15.1 Å². The normalized spacial score (nSPS) is 11.9. The smallest absolute Gasteiger partial charge is 0.251 e. The monoisotopic (exact) mass is 400 g/mol. The maximum atomic E-state index is 12.1. The Morgan fingerprint density at radius 2 is 1.84 bits per heavy atom. The first kappa shape index (κ1) is 17.2. The van der Waals surface area contributed by atoms with Gasteiger partial charge in [-0.25, -0.2) is 0 Å². The van der Waals surface area contributed by atoms with Crippen molar-refractivity contribution in [3.05, 3.63) is 70.4 Å². The van der Waals surface area contributed by atoms with Crippen molar-refractivity contribution in [1.82, 2.24) is 10.6 Å². The van der Waals surface area contributed by atoms with Gasteiger partial charge in [-0.1, -0.05) is 34.1 Å². The number of halogens is 1. The number of carbonyl (C=O) groups excluding carboxylic acids is 2. The van der Waals surface area contributed by atoms with E-state index in [4.69, 9.17) is 4.42 Å². The summed E-state index contributed by atoms with van der Waals surface area (Å²) in [6.07, 6.45) is 0. The van der Waals surface area contributed by atoms with Gasteiger partial charge in [0.15, 0.2) is 0 Å². The second-order valence-electron chi connectivity index (χ2n) is 5.67. The number of amides is 2. The van der Waals surface area contributed by atoms with Gasteiger partial charge in [0, 0.05) is 15.4 Å². The van der Waals surface area contributed by atoms with Gasteiger partial charge in [-0.3, -0.25) is 9.59 Å². The fraction of sp³-hybridized carbons (Fsp3) is 0.158. The average Bonchev–Trinajstić information content (AvgIpc) is 3.04. The Labute approximate surface area is 153 Å². The van der Waals surface area contributed by atoms with Crippen molar-refractivity contribution in [2.24, 2.45) is 0 Å². The number of rotatable bonds is 5. The van der Waals surface area contributed by atoms with Crippen molar-refractivity contribution in [3.8, 4) is 0 Å². The molecule has 0 bridgehead atoms. The Hall–Kier alpha value is -2.60. The summed E-state index contributed by atoms with van der Waals surface area (Å²) < 4.78 is 6.62. The third kappa shape index (κ3) is 4.28. The van der Waals surface area contributed by atoms with E-state index in [0.29, 0.717) is 11.3 Å². The largest absolute Gasteiger partial charge is 0.459 e. The van der Waals surface area contributed by atoms with E-state index in [0.717, 1.165) is 15.4 Å². The second-order valence-corrected chi connectivity index (χ2v) is 6.58. The predicted molar refractivity (Wildman–Crippen MR) is 99.2 cm³/mol. The summed E-state index contributed by atoms with van der Waals surface area (Å²) >= 11 is 3.31. The summed E-state index contributed by atoms with van der Waals surface area (Å²) in [6, 6.07) is 16.2. The molecule has 2 amide bonds. The molecule has 25 heavy (non-hydrogen) atoms. The van der Waals surface area contributed by atoms with Crippen molar-refractivity contribution in [1.29, 1.82) is 0 Å². The number of furan rings is 1. The van der Waals surface area contributed by atoms with E-state index in [-0.39, 0.29) is 24.4 Å². The van der Waals surface area contributed by atoms with Gasteiger partial charge >= 0.3 is 0 Å². The molecule has 5 nitrogen and oxygen atoms in total. The van der Waals surface area contributed by atoms with Crippen LogP contribution in [0.4, 0.5) is 0 Å². The molecule has 2 N–H and O–H groups in total. The summed E-state index contributed by atoms with van der Waals surface area (Å²) in [5.41, 5.74) is 1.28. The molecule has 0 aliphatic rings. The molecule has 1 heterocycles. The summed E-state index contributed by atoms with van der Waals surface area (Å²) in [6.45, 7) is 1.74. The Kier molecular flexibility index (Phi) is 5.19. The van der Waals surface area contributed by atoms with Gasteiger partial charge in [0.25, 0.3) is 5.91 Å². The van der Waals surface area contributed by atoms with Crippen LogP contribution in [0.25, 0.3) is 11.0 Å². The lowest BCUT2D eigenvalue weighted by Gasteiger charge is -2.12. The van der Waals surface area contributed by atoms with Crippen LogP contribution in [0.5, 0.6) is 0 Å². The number of carbonyl (C=O) groups is 2. The third-order valence-electron chi connectivity index (χ3n) is 3.76. The minimum absolute atomic E-state index is 0.0978. The summed E-state index contributed by atoms with van der Waals surface area (Å²) in [7, 11) is 0. The van der Waals surface area contributed by atoms with Crippen molar-refractivity contribution in [2.75, 3.05) is 6.54 Å². The Bertz CT molecular complexity index is 869. The molecule has 1 atom stereocenters. The number of para-hydroxylation sites is 1. The Balaban J connectivity index is 1.54. The molecule has 0 radical (unpaired) electrons. The molecule has 0 fully saturated rings. The molecule has 0 aliphatic carbocycles. The highest BCUT2D eigenvalue weighted by Crippen LogP contribution is 2.23. The highest BCUT2D eigenvalue weighted by Gasteiger charge is 2.15. The van der Waals surface area contributed by atoms with Crippen LogP contribution in [-0.4, -0.2) is 18.4 Å². The van der Waals surface area contributed by atoms with Gasteiger partial charge in [0.2, 0.25) is 5.91 Å². The van der Waals surface area contributed by atoms with E-state index in [2.05, 4.69) is 26.6 Å². The quantitative estimate of drug-likeness (QED) is 0.683. The molecule has 2 aromatic carbocycles. The standard InChI is InChI=1S/C19H17BrN2O3/c1-12(17-10-14-4-2-3-5-16(14)25-17)22-18(23)11-21-19(24)13-6-8-15(20)9-7-13/h2-10,12H,11H2,1H3,(H,21,24)(H,22,23)/t12-/m0/s1. The molecule has 0 spiro atoms. The fourth-order valence-electron chi connectivity index (χ4n) is 2.44. The van der Waals surface area contributed by atoms with Crippen molar-refractivity contribution < 1.29 is 14.0 Å². The number of hydrogen-bond acceptors (Lipinski definition) is 3. The molecule has 3 rings (SSSR count). The number of nitrogens with one attached hydrogen (secondary N) is 2. The van der Waals surface area contributed by atoms with Crippen LogP contribution >= 0.6 is 15.9 Å². The van der Waals surface area contributed by atoms with Crippen LogP contribution in [0.3, 0.4) is 0 Å². The fourth-order valence-corrected chi connectivity index (χ4v) is 2.71. The van der Waals surface area contributed by atoms with E-state index in [1.807, 2.05) is 37.3 Å². The minimum atomic E-state index is -0.293. The lowest BCUT2D eigenvalue weighted by atomic mass is 10.2. The van der Waals surface area contributed by atoms with Crippen LogP contribution in [0, 0.1) is 0 Å².